The van der Waals surface area contributed by atoms with Crippen molar-refractivity contribution < 1.29 is 5.11 Å². The number of benzene rings is 1. The van der Waals surface area contributed by atoms with Crippen LogP contribution >= 0.6 is 11.3 Å². The highest BCUT2D eigenvalue weighted by Crippen LogP contribution is 2.55. The Morgan fingerprint density at radius 2 is 2.15 bits per heavy atom. The Labute approximate surface area is 123 Å². The summed E-state index contributed by atoms with van der Waals surface area (Å²) in [7, 11) is 2.22. The summed E-state index contributed by atoms with van der Waals surface area (Å²) in [6, 6.07) is 10.9. The molecule has 1 aromatic heterocycles. The van der Waals surface area contributed by atoms with Crippen molar-refractivity contribution in [2.75, 3.05) is 13.6 Å². The van der Waals surface area contributed by atoms with Crippen molar-refractivity contribution in [3.05, 3.63) is 51.7 Å². The third kappa shape index (κ3) is 1.73. The minimum absolute atomic E-state index is 0.397. The van der Waals surface area contributed by atoms with E-state index in [4.69, 9.17) is 0 Å². The van der Waals surface area contributed by atoms with Crippen LogP contribution in [0.2, 0.25) is 0 Å². The molecule has 104 valence electrons. The van der Waals surface area contributed by atoms with Crippen molar-refractivity contribution in [1.82, 2.24) is 4.90 Å². The summed E-state index contributed by atoms with van der Waals surface area (Å²) in [5.41, 5.74) is 2.77. The number of likely N-dealkylation sites (tertiary alicyclic amines) is 1. The third-order valence-corrected chi connectivity index (χ3v) is 5.89. The highest BCUT2D eigenvalue weighted by molar-refractivity contribution is 7.10. The van der Waals surface area contributed by atoms with Crippen molar-refractivity contribution in [1.29, 1.82) is 0 Å². The average molecular weight is 285 g/mol. The fourth-order valence-electron chi connectivity index (χ4n) is 4.18. The fourth-order valence-corrected chi connectivity index (χ4v) is 5.10. The summed E-state index contributed by atoms with van der Waals surface area (Å²) < 4.78 is 0. The molecule has 0 radical (unpaired) electrons. The van der Waals surface area contributed by atoms with Crippen molar-refractivity contribution in [2.45, 2.75) is 24.8 Å². The summed E-state index contributed by atoms with van der Waals surface area (Å²) in [5.74, 6) is 1.57. The molecule has 0 amide bonds. The third-order valence-electron chi connectivity index (χ3n) is 4.93. The summed E-state index contributed by atoms with van der Waals surface area (Å²) >= 11 is 1.86. The highest BCUT2D eigenvalue weighted by Gasteiger charge is 2.45. The van der Waals surface area contributed by atoms with Gasteiger partial charge in [0.2, 0.25) is 0 Å². The summed E-state index contributed by atoms with van der Waals surface area (Å²) in [5, 5.41) is 12.0. The van der Waals surface area contributed by atoms with E-state index in [0.29, 0.717) is 23.6 Å². The predicted octanol–water partition coefficient (Wildman–Crippen LogP) is 3.98. The molecule has 1 aromatic carbocycles. The second kappa shape index (κ2) is 4.61. The monoisotopic (exact) mass is 285 g/mol. The van der Waals surface area contributed by atoms with Gasteiger partial charge in [-0.05, 0) is 67.1 Å². The second-order valence-corrected chi connectivity index (χ2v) is 7.02. The first kappa shape index (κ1) is 12.4. The van der Waals surface area contributed by atoms with Gasteiger partial charge in [-0.15, -0.1) is 11.3 Å². The molecule has 3 atom stereocenters. The molecule has 3 unspecified atom stereocenters. The molecular formula is C17H19NOS. The topological polar surface area (TPSA) is 23.5 Å². The Bertz CT molecular complexity index is 622. The first-order valence-corrected chi connectivity index (χ1v) is 8.20. The van der Waals surface area contributed by atoms with Crippen LogP contribution < -0.4 is 0 Å². The van der Waals surface area contributed by atoms with Gasteiger partial charge in [-0.2, -0.15) is 0 Å². The lowest BCUT2D eigenvalue weighted by Gasteiger charge is -2.37. The van der Waals surface area contributed by atoms with Gasteiger partial charge in [0.1, 0.15) is 5.75 Å². The number of phenolic OH excluding ortho intramolecular Hbond substituents is 1. The van der Waals surface area contributed by atoms with Crippen LogP contribution in [0.4, 0.5) is 0 Å². The van der Waals surface area contributed by atoms with Gasteiger partial charge in [0.25, 0.3) is 0 Å². The lowest BCUT2D eigenvalue weighted by molar-refractivity contribution is 0.127. The van der Waals surface area contributed by atoms with Crippen LogP contribution in [0.5, 0.6) is 5.75 Å². The van der Waals surface area contributed by atoms with Gasteiger partial charge in [-0.1, -0.05) is 12.1 Å². The minimum atomic E-state index is 0.397. The molecule has 1 saturated heterocycles. The molecule has 2 aliphatic rings. The lowest BCUT2D eigenvalue weighted by atomic mass is 9.83. The molecule has 2 aromatic rings. The van der Waals surface area contributed by atoms with Crippen LogP contribution in [0, 0.1) is 5.92 Å². The number of hydrogen-bond acceptors (Lipinski definition) is 3. The summed E-state index contributed by atoms with van der Waals surface area (Å²) in [6.45, 7) is 1.16. The van der Waals surface area contributed by atoms with Gasteiger partial charge in [0.05, 0.1) is 0 Å². The number of nitrogens with zero attached hydrogens (tertiary/aromatic N) is 1. The maximum Gasteiger partial charge on any atom is 0.115 e. The van der Waals surface area contributed by atoms with E-state index in [1.807, 2.05) is 23.5 Å². The number of hydrogen-bond donors (Lipinski definition) is 1. The number of phenols is 1. The molecule has 1 fully saturated rings. The van der Waals surface area contributed by atoms with Crippen LogP contribution in [0.3, 0.4) is 0 Å². The Hall–Kier alpha value is -1.32. The number of piperidine rings is 1. The molecular weight excluding hydrogens is 266 g/mol. The van der Waals surface area contributed by atoms with Crippen molar-refractivity contribution in [3.63, 3.8) is 0 Å². The van der Waals surface area contributed by atoms with Gasteiger partial charge < -0.3 is 5.11 Å². The average Bonchev–Trinajstić information content (AvgIpc) is 3.04. The van der Waals surface area contributed by atoms with Gasteiger partial charge in [-0.3, -0.25) is 4.90 Å². The Kier molecular flexibility index (Phi) is 2.86. The lowest BCUT2D eigenvalue weighted by Crippen LogP contribution is -2.34. The van der Waals surface area contributed by atoms with E-state index < -0.39 is 0 Å². The Morgan fingerprint density at radius 1 is 1.25 bits per heavy atom. The molecule has 2 heterocycles. The number of fused-ring (bicyclic) bond motifs is 3. The van der Waals surface area contributed by atoms with Gasteiger partial charge in [-0.25, -0.2) is 0 Å². The Morgan fingerprint density at radius 3 is 2.95 bits per heavy atom. The first-order chi connectivity index (χ1) is 9.75. The number of aromatic hydroxyl groups is 1. The van der Waals surface area contributed by atoms with Crippen LogP contribution in [0.1, 0.15) is 40.8 Å². The van der Waals surface area contributed by atoms with E-state index in [0.717, 1.165) is 6.54 Å². The van der Waals surface area contributed by atoms with Crippen molar-refractivity contribution in [2.24, 2.45) is 5.92 Å². The van der Waals surface area contributed by atoms with Crippen LogP contribution in [0.15, 0.2) is 35.7 Å². The van der Waals surface area contributed by atoms with E-state index in [-0.39, 0.29) is 0 Å². The van der Waals surface area contributed by atoms with E-state index in [1.165, 1.54) is 28.8 Å². The zero-order valence-corrected chi connectivity index (χ0v) is 12.4. The maximum atomic E-state index is 9.87. The molecule has 1 N–H and O–H groups in total. The van der Waals surface area contributed by atoms with Crippen LogP contribution in [-0.4, -0.2) is 23.6 Å². The fraction of sp³-hybridized carbons (Fsp3) is 0.412. The van der Waals surface area contributed by atoms with E-state index in [9.17, 15) is 5.11 Å². The largest absolute Gasteiger partial charge is 0.508 e. The highest BCUT2D eigenvalue weighted by atomic mass is 32.1. The standard InChI is InChI=1S/C17H19NOS/c1-18-8-2-4-13-16(15-5-3-9-20-15)12-7-6-11(19)10-14(12)17(13)18/h3,5-7,9-10,13,16-17,19H,2,4,8H2,1H3. The number of thiophene rings is 1. The molecule has 3 heteroatoms. The van der Waals surface area contributed by atoms with Crippen LogP contribution in [-0.2, 0) is 0 Å². The zero-order valence-electron chi connectivity index (χ0n) is 11.6. The van der Waals surface area contributed by atoms with Gasteiger partial charge in [0.15, 0.2) is 0 Å². The quantitative estimate of drug-likeness (QED) is 0.856. The summed E-state index contributed by atoms with van der Waals surface area (Å²) in [4.78, 5) is 3.94. The SMILES string of the molecule is CN1CCCC2C(c3cccs3)c3ccc(O)cc3C21. The van der Waals surface area contributed by atoms with Crippen molar-refractivity contribution in [3.8, 4) is 5.75 Å². The molecule has 2 nitrogen and oxygen atoms in total. The summed E-state index contributed by atoms with van der Waals surface area (Å²) in [6.07, 6.45) is 2.56. The van der Waals surface area contributed by atoms with E-state index >= 15 is 0 Å². The zero-order chi connectivity index (χ0) is 13.7. The molecule has 0 bridgehead atoms. The van der Waals surface area contributed by atoms with Gasteiger partial charge in [0, 0.05) is 16.8 Å². The maximum absolute atomic E-state index is 9.87. The van der Waals surface area contributed by atoms with Crippen LogP contribution in [0.25, 0.3) is 0 Å². The molecule has 0 spiro atoms. The normalized spacial score (nSPS) is 29.1. The predicted molar refractivity (Wildman–Crippen MR) is 82.4 cm³/mol. The van der Waals surface area contributed by atoms with Gasteiger partial charge >= 0.3 is 0 Å². The second-order valence-electron chi connectivity index (χ2n) is 6.04. The number of rotatable bonds is 1. The molecule has 1 aliphatic carbocycles. The molecule has 4 rings (SSSR count). The van der Waals surface area contributed by atoms with E-state index in [2.05, 4.69) is 35.5 Å². The molecule has 1 aliphatic heterocycles. The minimum Gasteiger partial charge on any atom is -0.508 e. The van der Waals surface area contributed by atoms with E-state index in [1.54, 1.807) is 0 Å². The smallest absolute Gasteiger partial charge is 0.115 e. The van der Waals surface area contributed by atoms with Crippen molar-refractivity contribution >= 4 is 11.3 Å². The molecule has 0 saturated carbocycles. The Balaban J connectivity index is 1.88. The first-order valence-electron chi connectivity index (χ1n) is 7.32. The molecule has 20 heavy (non-hydrogen) atoms.